The molecule has 2 amide bonds. The number of carbonyl (C=O) groups is 3. The highest BCUT2D eigenvalue weighted by Crippen LogP contribution is 2.36. The molecule has 1 heterocycles. The minimum atomic E-state index is -0.647. The van der Waals surface area contributed by atoms with Gasteiger partial charge in [0.05, 0.1) is 19.1 Å². The second-order valence-corrected chi connectivity index (χ2v) is 6.24. The maximum Gasteiger partial charge on any atom is 0.325 e. The topological polar surface area (TPSA) is 72.9 Å². The van der Waals surface area contributed by atoms with Crippen LogP contribution in [0, 0.1) is 0 Å². The summed E-state index contributed by atoms with van der Waals surface area (Å²) in [6, 6.07) is 11.4. The van der Waals surface area contributed by atoms with Gasteiger partial charge in [-0.15, -0.1) is 0 Å². The number of thioether (sulfide) groups is 1. The first-order valence-electron chi connectivity index (χ1n) is 7.43. The normalized spacial score (nSPS) is 15.9. The molecule has 0 aliphatic carbocycles. The van der Waals surface area contributed by atoms with E-state index in [4.69, 9.17) is 4.74 Å². The largest absolute Gasteiger partial charge is 0.496 e. The maximum atomic E-state index is 12.5. The van der Waals surface area contributed by atoms with Gasteiger partial charge in [-0.1, -0.05) is 30.3 Å². The predicted molar refractivity (Wildman–Crippen MR) is 95.2 cm³/mol. The van der Waals surface area contributed by atoms with Crippen LogP contribution in [0.2, 0.25) is 0 Å². The number of ether oxygens (including phenoxy) is 2. The van der Waals surface area contributed by atoms with Gasteiger partial charge in [-0.05, 0) is 34.7 Å². The van der Waals surface area contributed by atoms with Gasteiger partial charge in [-0.2, -0.15) is 0 Å². The van der Waals surface area contributed by atoms with Crippen LogP contribution in [-0.4, -0.2) is 42.8 Å². The van der Waals surface area contributed by atoms with Crippen molar-refractivity contribution in [3.63, 3.8) is 0 Å². The second kappa shape index (κ2) is 6.98. The minimum absolute atomic E-state index is 0.239. The van der Waals surface area contributed by atoms with E-state index in [1.165, 1.54) is 7.11 Å². The Hall–Kier alpha value is -2.80. The molecule has 2 aromatic rings. The van der Waals surface area contributed by atoms with Crippen LogP contribution in [0.25, 0.3) is 16.8 Å². The lowest BCUT2D eigenvalue weighted by Gasteiger charge is -2.11. The van der Waals surface area contributed by atoms with Crippen LogP contribution in [0.15, 0.2) is 41.3 Å². The minimum Gasteiger partial charge on any atom is -0.496 e. The molecule has 1 saturated heterocycles. The third kappa shape index (κ3) is 3.23. The molecule has 0 atom stereocenters. The maximum absolute atomic E-state index is 12.5. The Kier molecular flexibility index (Phi) is 4.76. The molecule has 0 bridgehead atoms. The zero-order chi connectivity index (χ0) is 18.0. The number of fused-ring (bicyclic) bond motifs is 1. The fourth-order valence-electron chi connectivity index (χ4n) is 2.56. The molecule has 128 valence electrons. The molecule has 1 aliphatic rings. The summed E-state index contributed by atoms with van der Waals surface area (Å²) >= 11 is 0.792. The van der Waals surface area contributed by atoms with Crippen molar-refractivity contribution in [2.24, 2.45) is 0 Å². The van der Waals surface area contributed by atoms with Crippen LogP contribution < -0.4 is 4.74 Å². The summed E-state index contributed by atoms with van der Waals surface area (Å²) in [5.41, 5.74) is 0.712. The molecule has 0 spiro atoms. The lowest BCUT2D eigenvalue weighted by molar-refractivity contribution is -0.143. The highest BCUT2D eigenvalue weighted by Gasteiger charge is 2.36. The average molecular weight is 357 g/mol. The van der Waals surface area contributed by atoms with Gasteiger partial charge in [0.1, 0.15) is 12.3 Å². The van der Waals surface area contributed by atoms with E-state index in [0.717, 1.165) is 27.4 Å². The number of methoxy groups -OCH3 is 2. The Labute approximate surface area is 148 Å². The summed E-state index contributed by atoms with van der Waals surface area (Å²) in [7, 11) is 2.75. The van der Waals surface area contributed by atoms with Gasteiger partial charge in [0, 0.05) is 5.56 Å². The number of nitrogens with zero attached hydrogens (tertiary/aromatic N) is 1. The van der Waals surface area contributed by atoms with E-state index in [0.29, 0.717) is 11.3 Å². The molecule has 1 fully saturated rings. The summed E-state index contributed by atoms with van der Waals surface area (Å²) in [5.74, 6) is -0.569. The van der Waals surface area contributed by atoms with E-state index in [1.54, 1.807) is 13.2 Å². The molecule has 1 aliphatic heterocycles. The zero-order valence-corrected chi connectivity index (χ0v) is 14.5. The summed E-state index contributed by atoms with van der Waals surface area (Å²) in [4.78, 5) is 37.0. The molecule has 3 rings (SSSR count). The number of rotatable bonds is 4. The number of carbonyl (C=O) groups excluding carboxylic acids is 3. The van der Waals surface area contributed by atoms with Gasteiger partial charge in [-0.25, -0.2) is 0 Å². The van der Waals surface area contributed by atoms with Crippen LogP contribution in [0.1, 0.15) is 5.56 Å². The number of hydrogen-bond acceptors (Lipinski definition) is 6. The molecular formula is C18H15NO5S. The fourth-order valence-corrected chi connectivity index (χ4v) is 3.38. The van der Waals surface area contributed by atoms with Crippen LogP contribution in [0.4, 0.5) is 4.79 Å². The van der Waals surface area contributed by atoms with Crippen molar-refractivity contribution in [3.05, 3.63) is 46.9 Å². The van der Waals surface area contributed by atoms with E-state index in [-0.39, 0.29) is 4.91 Å². The van der Waals surface area contributed by atoms with Gasteiger partial charge >= 0.3 is 5.97 Å². The van der Waals surface area contributed by atoms with E-state index in [9.17, 15) is 14.4 Å². The Morgan fingerprint density at radius 1 is 1.16 bits per heavy atom. The Balaban J connectivity index is 2.04. The summed E-state index contributed by atoms with van der Waals surface area (Å²) < 4.78 is 9.92. The van der Waals surface area contributed by atoms with Crippen molar-refractivity contribution in [1.29, 1.82) is 0 Å². The quantitative estimate of drug-likeness (QED) is 0.619. The fraction of sp³-hybridized carbons (Fsp3) is 0.167. The standard InChI is InChI=1S/C18H15NO5S/c1-23-14-8-7-11-5-3-4-6-12(11)13(14)9-15-17(21)19(18(22)25-15)10-16(20)24-2/h3-9H,10H2,1-2H3/b15-9+. The van der Waals surface area contributed by atoms with Gasteiger partial charge < -0.3 is 9.47 Å². The number of hydrogen-bond donors (Lipinski definition) is 0. The van der Waals surface area contributed by atoms with Gasteiger partial charge in [-0.3, -0.25) is 19.3 Å². The first-order chi connectivity index (χ1) is 12.0. The number of amides is 2. The molecule has 0 radical (unpaired) electrons. The molecule has 7 heteroatoms. The van der Waals surface area contributed by atoms with Gasteiger partial charge in [0.2, 0.25) is 0 Å². The predicted octanol–water partition coefficient (Wildman–Crippen LogP) is 3.06. The third-order valence-corrected chi connectivity index (χ3v) is 4.72. The van der Waals surface area contributed by atoms with E-state index < -0.39 is 23.7 Å². The molecule has 0 aromatic heterocycles. The Bertz CT molecular complexity index is 905. The first-order valence-corrected chi connectivity index (χ1v) is 8.24. The first kappa shape index (κ1) is 17.0. The van der Waals surface area contributed by atoms with Crippen LogP contribution in [0.3, 0.4) is 0 Å². The Morgan fingerprint density at radius 2 is 1.92 bits per heavy atom. The van der Waals surface area contributed by atoms with Crippen molar-refractivity contribution >= 4 is 45.7 Å². The zero-order valence-electron chi connectivity index (χ0n) is 13.6. The molecular weight excluding hydrogens is 342 g/mol. The molecule has 0 N–H and O–H groups in total. The van der Waals surface area contributed by atoms with E-state index in [1.807, 2.05) is 36.4 Å². The van der Waals surface area contributed by atoms with Crippen LogP contribution in [0.5, 0.6) is 5.75 Å². The highest BCUT2D eigenvalue weighted by molar-refractivity contribution is 8.18. The SMILES string of the molecule is COC(=O)CN1C(=O)S/C(=C/c2c(OC)ccc3ccccc23)C1=O. The average Bonchev–Trinajstić information content (AvgIpc) is 2.89. The monoisotopic (exact) mass is 357 g/mol. The van der Waals surface area contributed by atoms with Gasteiger partial charge in [0.25, 0.3) is 11.1 Å². The molecule has 2 aromatic carbocycles. The van der Waals surface area contributed by atoms with Crippen molar-refractivity contribution in [1.82, 2.24) is 4.90 Å². The van der Waals surface area contributed by atoms with Crippen molar-refractivity contribution in [2.75, 3.05) is 20.8 Å². The summed E-state index contributed by atoms with van der Waals surface area (Å²) in [6.07, 6.45) is 1.63. The number of benzene rings is 2. The summed E-state index contributed by atoms with van der Waals surface area (Å²) in [5, 5.41) is 1.39. The van der Waals surface area contributed by atoms with Crippen molar-refractivity contribution in [2.45, 2.75) is 0 Å². The van der Waals surface area contributed by atoms with E-state index in [2.05, 4.69) is 4.74 Å². The highest BCUT2D eigenvalue weighted by atomic mass is 32.2. The summed E-state index contributed by atoms with van der Waals surface area (Å²) in [6.45, 7) is -0.398. The number of imide groups is 1. The van der Waals surface area contributed by atoms with Crippen molar-refractivity contribution < 1.29 is 23.9 Å². The Morgan fingerprint density at radius 3 is 2.64 bits per heavy atom. The van der Waals surface area contributed by atoms with Crippen molar-refractivity contribution in [3.8, 4) is 5.75 Å². The number of esters is 1. The third-order valence-electron chi connectivity index (χ3n) is 3.81. The van der Waals surface area contributed by atoms with Gasteiger partial charge in [0.15, 0.2) is 0 Å². The molecule has 0 unspecified atom stereocenters. The second-order valence-electron chi connectivity index (χ2n) is 5.25. The smallest absolute Gasteiger partial charge is 0.325 e. The molecule has 6 nitrogen and oxygen atoms in total. The lowest BCUT2D eigenvalue weighted by Crippen LogP contribution is -2.34. The van der Waals surface area contributed by atoms with Crippen LogP contribution >= 0.6 is 11.8 Å². The molecule has 0 saturated carbocycles. The van der Waals surface area contributed by atoms with E-state index >= 15 is 0 Å². The molecule has 25 heavy (non-hydrogen) atoms. The van der Waals surface area contributed by atoms with Crippen LogP contribution in [-0.2, 0) is 14.3 Å². The lowest BCUT2D eigenvalue weighted by atomic mass is 10.0.